The van der Waals surface area contributed by atoms with Gasteiger partial charge >= 0.3 is 6.09 Å². The largest absolute Gasteiger partial charge is 0.507 e. The molecule has 0 unspecified atom stereocenters. The molecule has 1 atom stereocenters. The van der Waals surface area contributed by atoms with Gasteiger partial charge in [-0.2, -0.15) is 11.8 Å². The zero-order chi connectivity index (χ0) is 25.8. The molecular formula is C25H27ClN2O6S. The Labute approximate surface area is 212 Å². The Hall–Kier alpha value is -3.17. The number of halogens is 1. The minimum absolute atomic E-state index is 0.0124. The fourth-order valence-corrected chi connectivity index (χ4v) is 4.01. The molecular weight excluding hydrogens is 492 g/mol. The number of fused-ring (bicyclic) bond motifs is 1. The Kier molecular flexibility index (Phi) is 8.34. The number of ether oxygens (including phenoxy) is 1. The van der Waals surface area contributed by atoms with Crippen LogP contribution in [0.15, 0.2) is 51.7 Å². The fourth-order valence-electron chi connectivity index (χ4n) is 3.31. The van der Waals surface area contributed by atoms with Gasteiger partial charge < -0.3 is 24.9 Å². The van der Waals surface area contributed by atoms with Crippen LogP contribution in [-0.4, -0.2) is 40.8 Å². The van der Waals surface area contributed by atoms with Gasteiger partial charge in [0.15, 0.2) is 11.0 Å². The lowest BCUT2D eigenvalue weighted by Gasteiger charge is -2.23. The van der Waals surface area contributed by atoms with Crippen molar-refractivity contribution in [3.63, 3.8) is 0 Å². The number of phenolic OH excluding ortho intramolecular Hbond substituents is 1. The lowest BCUT2D eigenvalue weighted by Crippen LogP contribution is -2.46. The monoisotopic (exact) mass is 518 g/mol. The van der Waals surface area contributed by atoms with E-state index in [0.717, 1.165) is 0 Å². The van der Waals surface area contributed by atoms with E-state index in [-0.39, 0.29) is 28.2 Å². The SMILES string of the molecule is CSCC[C@H](NC(=O)OC(C)(C)C)C(=O)Nc1ccc(O)c2c(=O)cc(-c3ccccc3Cl)oc12. The Morgan fingerprint density at radius 1 is 1.20 bits per heavy atom. The number of carbonyl (C=O) groups excluding carboxylic acids is 2. The Balaban J connectivity index is 1.99. The van der Waals surface area contributed by atoms with Crippen LogP contribution in [0.4, 0.5) is 10.5 Å². The van der Waals surface area contributed by atoms with E-state index < -0.39 is 29.1 Å². The van der Waals surface area contributed by atoms with Crippen molar-refractivity contribution in [2.45, 2.75) is 38.8 Å². The van der Waals surface area contributed by atoms with Gasteiger partial charge in [0.2, 0.25) is 5.91 Å². The minimum atomic E-state index is -0.903. The number of thioether (sulfide) groups is 1. The van der Waals surface area contributed by atoms with Crippen molar-refractivity contribution < 1.29 is 23.8 Å². The molecule has 0 saturated heterocycles. The molecule has 3 rings (SSSR count). The van der Waals surface area contributed by atoms with Crippen molar-refractivity contribution in [1.82, 2.24) is 5.32 Å². The number of rotatable bonds is 7. The van der Waals surface area contributed by atoms with Gasteiger partial charge in [-0.3, -0.25) is 9.59 Å². The van der Waals surface area contributed by atoms with E-state index in [9.17, 15) is 19.5 Å². The summed E-state index contributed by atoms with van der Waals surface area (Å²) >= 11 is 7.79. The van der Waals surface area contributed by atoms with Gasteiger partial charge in [0.25, 0.3) is 0 Å². The van der Waals surface area contributed by atoms with Gasteiger partial charge in [-0.05, 0) is 63.5 Å². The predicted molar refractivity (Wildman–Crippen MR) is 139 cm³/mol. The molecule has 3 aromatic rings. The molecule has 35 heavy (non-hydrogen) atoms. The first kappa shape index (κ1) is 26.4. The molecule has 8 nitrogen and oxygen atoms in total. The number of nitrogens with one attached hydrogen (secondary N) is 2. The smallest absolute Gasteiger partial charge is 0.408 e. The molecule has 0 aliphatic heterocycles. The number of alkyl carbamates (subject to hydrolysis) is 1. The van der Waals surface area contributed by atoms with Crippen molar-refractivity contribution in [3.8, 4) is 17.1 Å². The molecule has 2 aromatic carbocycles. The van der Waals surface area contributed by atoms with Gasteiger partial charge in [-0.25, -0.2) is 4.79 Å². The number of hydrogen-bond donors (Lipinski definition) is 3. The van der Waals surface area contributed by atoms with E-state index in [0.29, 0.717) is 22.8 Å². The van der Waals surface area contributed by atoms with Crippen LogP contribution in [-0.2, 0) is 9.53 Å². The van der Waals surface area contributed by atoms with Crippen LogP contribution in [0.2, 0.25) is 5.02 Å². The highest BCUT2D eigenvalue weighted by Crippen LogP contribution is 2.34. The number of anilines is 1. The third-order valence-electron chi connectivity index (χ3n) is 4.87. The Morgan fingerprint density at radius 3 is 2.57 bits per heavy atom. The molecule has 0 saturated carbocycles. The van der Waals surface area contributed by atoms with Crippen LogP contribution in [0.3, 0.4) is 0 Å². The van der Waals surface area contributed by atoms with Crippen LogP contribution < -0.4 is 16.1 Å². The Bertz CT molecular complexity index is 1300. The number of carbonyl (C=O) groups is 2. The van der Waals surface area contributed by atoms with Crippen LogP contribution in [0.1, 0.15) is 27.2 Å². The summed E-state index contributed by atoms with van der Waals surface area (Å²) in [6, 6.07) is 9.89. The van der Waals surface area contributed by atoms with Crippen molar-refractivity contribution in [2.24, 2.45) is 0 Å². The van der Waals surface area contributed by atoms with Crippen molar-refractivity contribution in [1.29, 1.82) is 0 Å². The van der Waals surface area contributed by atoms with Crippen LogP contribution in [0.25, 0.3) is 22.3 Å². The summed E-state index contributed by atoms with van der Waals surface area (Å²) in [7, 11) is 0. The summed E-state index contributed by atoms with van der Waals surface area (Å²) in [5.41, 5.74) is -0.592. The molecule has 10 heteroatoms. The second-order valence-corrected chi connectivity index (χ2v) is 10.2. The summed E-state index contributed by atoms with van der Waals surface area (Å²) in [4.78, 5) is 38.3. The molecule has 0 spiro atoms. The maximum atomic E-state index is 13.1. The number of benzene rings is 2. The van der Waals surface area contributed by atoms with Crippen LogP contribution >= 0.6 is 23.4 Å². The van der Waals surface area contributed by atoms with E-state index in [1.54, 1.807) is 45.0 Å². The topological polar surface area (TPSA) is 118 Å². The first-order valence-electron chi connectivity index (χ1n) is 10.8. The molecule has 0 bridgehead atoms. The summed E-state index contributed by atoms with van der Waals surface area (Å²) < 4.78 is 11.2. The lowest BCUT2D eigenvalue weighted by atomic mass is 10.1. The summed E-state index contributed by atoms with van der Waals surface area (Å²) in [6.45, 7) is 5.18. The molecule has 0 aliphatic carbocycles. The minimum Gasteiger partial charge on any atom is -0.507 e. The van der Waals surface area contributed by atoms with Crippen molar-refractivity contribution >= 4 is 52.0 Å². The van der Waals surface area contributed by atoms with Gasteiger partial charge in [-0.1, -0.05) is 23.7 Å². The highest BCUT2D eigenvalue weighted by Gasteiger charge is 2.25. The number of phenols is 1. The zero-order valence-corrected chi connectivity index (χ0v) is 21.4. The van der Waals surface area contributed by atoms with Gasteiger partial charge in [0, 0.05) is 11.6 Å². The van der Waals surface area contributed by atoms with E-state index >= 15 is 0 Å². The summed E-state index contributed by atoms with van der Waals surface area (Å²) in [6.07, 6.45) is 1.51. The van der Waals surface area contributed by atoms with Crippen LogP contribution in [0.5, 0.6) is 5.75 Å². The maximum absolute atomic E-state index is 13.1. The maximum Gasteiger partial charge on any atom is 0.408 e. The standard InChI is InChI=1S/C25H27ClN2O6S/c1-25(2,3)34-24(32)28-17(11-12-35-4)23(31)27-16-9-10-18(29)21-19(30)13-20(33-22(16)21)14-7-5-6-8-15(14)26/h5-10,13,17,29H,11-12H2,1-4H3,(H,27,31)(H,28,32)/t17-/m0/s1. The van der Waals surface area contributed by atoms with E-state index in [2.05, 4.69) is 10.6 Å². The average molecular weight is 519 g/mol. The first-order chi connectivity index (χ1) is 16.5. The van der Waals surface area contributed by atoms with Crippen molar-refractivity contribution in [2.75, 3.05) is 17.3 Å². The zero-order valence-electron chi connectivity index (χ0n) is 19.8. The van der Waals surface area contributed by atoms with E-state index in [1.807, 2.05) is 6.26 Å². The molecule has 0 fully saturated rings. The molecule has 2 amide bonds. The number of aromatic hydroxyl groups is 1. The van der Waals surface area contributed by atoms with Crippen molar-refractivity contribution in [3.05, 3.63) is 57.7 Å². The third-order valence-corrected chi connectivity index (χ3v) is 5.85. The first-order valence-corrected chi connectivity index (χ1v) is 12.6. The van der Waals surface area contributed by atoms with E-state index in [1.165, 1.54) is 30.0 Å². The second-order valence-electron chi connectivity index (χ2n) is 8.76. The second kappa shape index (κ2) is 11.0. The highest BCUT2D eigenvalue weighted by molar-refractivity contribution is 7.98. The average Bonchev–Trinajstić information content (AvgIpc) is 2.77. The summed E-state index contributed by atoms with van der Waals surface area (Å²) in [5.74, 6) is -0.0263. The summed E-state index contributed by atoms with van der Waals surface area (Å²) in [5, 5.41) is 15.9. The predicted octanol–water partition coefficient (Wildman–Crippen LogP) is 5.40. The normalized spacial score (nSPS) is 12.3. The quantitative estimate of drug-likeness (QED) is 0.358. The molecule has 1 heterocycles. The highest BCUT2D eigenvalue weighted by atomic mass is 35.5. The van der Waals surface area contributed by atoms with E-state index in [4.69, 9.17) is 20.8 Å². The lowest BCUT2D eigenvalue weighted by molar-refractivity contribution is -0.118. The molecule has 186 valence electrons. The van der Waals surface area contributed by atoms with Gasteiger partial charge in [0.1, 0.15) is 28.5 Å². The molecule has 1 aromatic heterocycles. The van der Waals surface area contributed by atoms with Gasteiger partial charge in [-0.15, -0.1) is 0 Å². The molecule has 0 radical (unpaired) electrons. The molecule has 3 N–H and O–H groups in total. The third kappa shape index (κ3) is 6.70. The number of amides is 2. The fraction of sp³-hybridized carbons (Fsp3) is 0.320. The Morgan fingerprint density at radius 2 is 1.91 bits per heavy atom. The van der Waals surface area contributed by atoms with Gasteiger partial charge in [0.05, 0.1) is 10.7 Å². The molecule has 0 aliphatic rings. The van der Waals surface area contributed by atoms with Crippen LogP contribution in [0, 0.1) is 0 Å². The number of hydrogen-bond acceptors (Lipinski definition) is 7.